The summed E-state index contributed by atoms with van der Waals surface area (Å²) in [5.41, 5.74) is 1.45. The van der Waals surface area contributed by atoms with Crippen molar-refractivity contribution in [1.29, 1.82) is 0 Å². The molecule has 2 aliphatic rings. The van der Waals surface area contributed by atoms with Gasteiger partial charge in [-0.15, -0.1) is 17.8 Å². The number of terminal acetylenes is 1. The number of morpholine rings is 1. The summed E-state index contributed by atoms with van der Waals surface area (Å²) < 4.78 is 5.46. The molecule has 25 heavy (non-hydrogen) atoms. The van der Waals surface area contributed by atoms with Crippen LogP contribution in [0, 0.1) is 18.3 Å². The van der Waals surface area contributed by atoms with Crippen molar-refractivity contribution in [3.8, 4) is 12.3 Å². The minimum absolute atomic E-state index is 0.497. The molecule has 0 bridgehead atoms. The van der Waals surface area contributed by atoms with Crippen molar-refractivity contribution < 1.29 is 9.64 Å². The first kappa shape index (κ1) is 16.8. The molecule has 0 saturated carbocycles. The molecule has 0 aromatic carbocycles. The lowest BCUT2D eigenvalue weighted by Crippen LogP contribution is -3.12. The first-order valence-corrected chi connectivity index (χ1v) is 9.96. The fourth-order valence-corrected chi connectivity index (χ4v) is 5.19. The first-order chi connectivity index (χ1) is 12.2. The van der Waals surface area contributed by atoms with Crippen LogP contribution in [-0.4, -0.2) is 42.8 Å². The molecule has 2 N–H and O–H groups in total. The second-order valence-corrected chi connectivity index (χ2v) is 8.20. The quantitative estimate of drug-likeness (QED) is 0.810. The summed E-state index contributed by atoms with van der Waals surface area (Å²) in [5, 5.41) is 4.56. The molecule has 1 fully saturated rings. The number of aryl methyl sites for hydroxylation is 1. The van der Waals surface area contributed by atoms with E-state index in [1.165, 1.54) is 27.1 Å². The summed E-state index contributed by atoms with van der Waals surface area (Å²) in [7, 11) is 0. The maximum Gasteiger partial charge on any atom is 0.187 e. The number of hydrogen-bond acceptors (Lipinski definition) is 5. The lowest BCUT2D eigenvalue weighted by atomic mass is 9.89. The highest BCUT2D eigenvalue weighted by atomic mass is 32.1. The zero-order valence-corrected chi connectivity index (χ0v) is 15.5. The predicted octanol–water partition coefficient (Wildman–Crippen LogP) is 1.28. The topological polar surface area (TPSA) is 51.5 Å². The molecular formula is C19H25N4OS+. The Morgan fingerprint density at radius 2 is 2.20 bits per heavy atom. The lowest BCUT2D eigenvalue weighted by molar-refractivity contribution is -0.922. The van der Waals surface area contributed by atoms with E-state index in [1.807, 2.05) is 11.3 Å². The van der Waals surface area contributed by atoms with Crippen molar-refractivity contribution >= 4 is 27.4 Å². The van der Waals surface area contributed by atoms with Gasteiger partial charge in [-0.25, -0.2) is 9.97 Å². The van der Waals surface area contributed by atoms with Gasteiger partial charge in [0.2, 0.25) is 0 Å². The number of aromatic nitrogens is 2. The maximum atomic E-state index is 5.47. The van der Waals surface area contributed by atoms with Gasteiger partial charge in [0, 0.05) is 4.88 Å². The highest BCUT2D eigenvalue weighted by Crippen LogP contribution is 2.39. The van der Waals surface area contributed by atoms with E-state index >= 15 is 0 Å². The van der Waals surface area contributed by atoms with Gasteiger partial charge in [0.25, 0.3) is 0 Å². The Bertz CT molecular complexity index is 804. The number of ether oxygens (including phenoxy) is 1. The highest BCUT2D eigenvalue weighted by molar-refractivity contribution is 7.19. The minimum Gasteiger partial charge on any atom is -0.370 e. The molecule has 0 amide bonds. The van der Waals surface area contributed by atoms with Gasteiger partial charge in [0.05, 0.1) is 25.1 Å². The zero-order valence-electron chi connectivity index (χ0n) is 14.7. The van der Waals surface area contributed by atoms with Gasteiger partial charge in [0.15, 0.2) is 5.82 Å². The molecular weight excluding hydrogens is 332 g/mol. The number of hydrogen-bond donors (Lipinski definition) is 2. The number of rotatable bonds is 4. The van der Waals surface area contributed by atoms with Gasteiger partial charge in [-0.05, 0) is 30.7 Å². The summed E-state index contributed by atoms with van der Waals surface area (Å²) in [5.74, 6) is 5.27. The van der Waals surface area contributed by atoms with E-state index in [-0.39, 0.29) is 0 Å². The summed E-state index contributed by atoms with van der Waals surface area (Å²) >= 11 is 1.85. The van der Waals surface area contributed by atoms with E-state index < -0.39 is 0 Å². The lowest BCUT2D eigenvalue weighted by Gasteiger charge is -2.23. The Kier molecular flexibility index (Phi) is 4.89. The molecule has 3 heterocycles. The maximum absolute atomic E-state index is 5.47. The molecule has 2 aromatic heterocycles. The largest absolute Gasteiger partial charge is 0.370 e. The highest BCUT2D eigenvalue weighted by Gasteiger charge is 2.25. The monoisotopic (exact) mass is 357 g/mol. The first-order valence-electron chi connectivity index (χ1n) is 9.14. The molecule has 6 heteroatoms. The SMILES string of the molecule is C#CCNc1nc(C[NH+]2CCOCC2)nc2sc3c(c12)CC[C@@H](C)C3. The fraction of sp³-hybridized carbons (Fsp3) is 0.579. The van der Waals surface area contributed by atoms with E-state index in [0.29, 0.717) is 6.54 Å². The van der Waals surface area contributed by atoms with Crippen LogP contribution in [0.15, 0.2) is 0 Å². The van der Waals surface area contributed by atoms with Crippen LogP contribution >= 0.6 is 11.3 Å². The van der Waals surface area contributed by atoms with Gasteiger partial charge in [-0.2, -0.15) is 0 Å². The van der Waals surface area contributed by atoms with Crippen molar-refractivity contribution in [3.63, 3.8) is 0 Å². The van der Waals surface area contributed by atoms with Gasteiger partial charge < -0.3 is 15.0 Å². The second-order valence-electron chi connectivity index (χ2n) is 7.12. The molecule has 0 unspecified atom stereocenters. The molecule has 0 spiro atoms. The summed E-state index contributed by atoms with van der Waals surface area (Å²) in [6.45, 7) is 7.37. The molecule has 1 aliphatic carbocycles. The van der Waals surface area contributed by atoms with E-state index in [4.69, 9.17) is 21.1 Å². The summed E-state index contributed by atoms with van der Waals surface area (Å²) in [4.78, 5) is 13.9. The van der Waals surface area contributed by atoms with Crippen molar-refractivity contribution in [1.82, 2.24) is 9.97 Å². The number of fused-ring (bicyclic) bond motifs is 3. The molecule has 1 aliphatic heterocycles. The van der Waals surface area contributed by atoms with Crippen LogP contribution in [0.4, 0.5) is 5.82 Å². The number of thiophene rings is 1. The van der Waals surface area contributed by atoms with Crippen molar-refractivity contribution in [2.75, 3.05) is 38.2 Å². The van der Waals surface area contributed by atoms with Gasteiger partial charge in [-0.3, -0.25) is 0 Å². The van der Waals surface area contributed by atoms with Crippen LogP contribution in [-0.2, 0) is 24.1 Å². The van der Waals surface area contributed by atoms with Crippen molar-refractivity contribution in [2.45, 2.75) is 32.7 Å². The Morgan fingerprint density at radius 1 is 1.36 bits per heavy atom. The van der Waals surface area contributed by atoms with E-state index in [0.717, 1.165) is 68.1 Å². The normalized spacial score (nSPS) is 21.0. The third-order valence-corrected chi connectivity index (χ3v) is 6.32. The van der Waals surface area contributed by atoms with E-state index in [2.05, 4.69) is 18.2 Å². The molecule has 0 radical (unpaired) electrons. The van der Waals surface area contributed by atoms with Crippen molar-refractivity contribution in [3.05, 3.63) is 16.3 Å². The van der Waals surface area contributed by atoms with Crippen LogP contribution in [0.5, 0.6) is 0 Å². The smallest absolute Gasteiger partial charge is 0.187 e. The Hall–Kier alpha value is -1.68. The molecule has 4 rings (SSSR count). The standard InChI is InChI=1S/C19H24N4OS/c1-3-6-20-18-17-14-5-4-13(2)11-15(14)25-19(17)22-16(21-18)12-23-7-9-24-10-8-23/h1,13H,4-12H2,2H3,(H,20,21,22)/p+1/t13-/m1/s1. The number of nitrogens with zero attached hydrogens (tertiary/aromatic N) is 2. The third kappa shape index (κ3) is 3.50. The summed E-state index contributed by atoms with van der Waals surface area (Å²) in [6, 6.07) is 0. The van der Waals surface area contributed by atoms with Crippen LogP contribution < -0.4 is 10.2 Å². The Morgan fingerprint density at radius 3 is 3.00 bits per heavy atom. The molecule has 5 nitrogen and oxygen atoms in total. The fourth-order valence-electron chi connectivity index (χ4n) is 3.79. The van der Waals surface area contributed by atoms with Gasteiger partial charge >= 0.3 is 0 Å². The zero-order chi connectivity index (χ0) is 17.2. The summed E-state index contributed by atoms with van der Waals surface area (Å²) in [6.07, 6.45) is 9.00. The van der Waals surface area contributed by atoms with Gasteiger partial charge in [0.1, 0.15) is 30.3 Å². The van der Waals surface area contributed by atoms with E-state index in [9.17, 15) is 0 Å². The molecule has 1 atom stereocenters. The van der Waals surface area contributed by atoms with Crippen LogP contribution in [0.3, 0.4) is 0 Å². The van der Waals surface area contributed by atoms with Crippen molar-refractivity contribution in [2.24, 2.45) is 5.92 Å². The average Bonchev–Trinajstić information content (AvgIpc) is 2.97. The molecule has 132 valence electrons. The number of anilines is 1. The van der Waals surface area contributed by atoms with Crippen LogP contribution in [0.25, 0.3) is 10.2 Å². The van der Waals surface area contributed by atoms with E-state index in [1.54, 1.807) is 0 Å². The molecule has 2 aromatic rings. The van der Waals surface area contributed by atoms with Crippen LogP contribution in [0.1, 0.15) is 29.6 Å². The predicted molar refractivity (Wildman–Crippen MR) is 101 cm³/mol. The number of quaternary nitrogens is 1. The minimum atomic E-state index is 0.497. The second kappa shape index (κ2) is 7.28. The molecule has 1 saturated heterocycles. The number of nitrogens with one attached hydrogen (secondary N) is 2. The van der Waals surface area contributed by atoms with Gasteiger partial charge in [-0.1, -0.05) is 12.8 Å². The third-order valence-electron chi connectivity index (χ3n) is 5.17. The Balaban J connectivity index is 1.71. The average molecular weight is 358 g/mol. The van der Waals surface area contributed by atoms with Crippen LogP contribution in [0.2, 0.25) is 0 Å². The Labute approximate surface area is 152 Å².